The van der Waals surface area contributed by atoms with Crippen LogP contribution in [0.5, 0.6) is 23.0 Å². The summed E-state index contributed by atoms with van der Waals surface area (Å²) in [6.07, 6.45) is 4.39. The van der Waals surface area contributed by atoms with Gasteiger partial charge in [0, 0.05) is 35.0 Å². The van der Waals surface area contributed by atoms with Crippen LogP contribution in [0.25, 0.3) is 6.08 Å². The minimum Gasteiger partial charge on any atom is -0.496 e. The van der Waals surface area contributed by atoms with E-state index in [1.807, 2.05) is 59.7 Å². The van der Waals surface area contributed by atoms with Crippen molar-refractivity contribution in [3.05, 3.63) is 75.5 Å². The van der Waals surface area contributed by atoms with E-state index in [1.165, 1.54) is 0 Å². The fourth-order valence-corrected chi connectivity index (χ4v) is 4.75. The van der Waals surface area contributed by atoms with Crippen molar-refractivity contribution in [2.75, 3.05) is 21.3 Å². The first-order valence-electron chi connectivity index (χ1n) is 11.1. The molecular formula is C27H29NO5S. The first-order chi connectivity index (χ1) is 16.5. The SMILES string of the molecule is COc1cc2c(cc1C=CC(=O)N(Cc1ccc(OC)c(OC)c1)Cc1cccs1)OC(C)C2. The lowest BCUT2D eigenvalue weighted by Gasteiger charge is -2.21. The fourth-order valence-electron chi connectivity index (χ4n) is 4.03. The van der Waals surface area contributed by atoms with Gasteiger partial charge in [-0.1, -0.05) is 12.1 Å². The van der Waals surface area contributed by atoms with Gasteiger partial charge in [-0.15, -0.1) is 11.3 Å². The molecule has 2 heterocycles. The molecule has 0 aliphatic carbocycles. The van der Waals surface area contributed by atoms with Gasteiger partial charge in [-0.05, 0) is 54.3 Å². The Morgan fingerprint density at radius 3 is 2.56 bits per heavy atom. The van der Waals surface area contributed by atoms with E-state index >= 15 is 0 Å². The average Bonchev–Trinajstić information content (AvgIpc) is 3.49. The van der Waals surface area contributed by atoms with Gasteiger partial charge in [0.2, 0.25) is 5.91 Å². The molecule has 0 bridgehead atoms. The molecule has 6 nitrogen and oxygen atoms in total. The Hall–Kier alpha value is -3.45. The summed E-state index contributed by atoms with van der Waals surface area (Å²) >= 11 is 1.63. The Morgan fingerprint density at radius 1 is 1.06 bits per heavy atom. The van der Waals surface area contributed by atoms with Crippen LogP contribution in [-0.2, 0) is 24.3 Å². The second-order valence-electron chi connectivity index (χ2n) is 8.13. The zero-order valence-corrected chi connectivity index (χ0v) is 20.7. The van der Waals surface area contributed by atoms with Crippen molar-refractivity contribution in [3.63, 3.8) is 0 Å². The minimum absolute atomic E-state index is 0.0972. The predicted octanol–water partition coefficient (Wildman–Crippen LogP) is 5.34. The molecule has 1 amide bonds. The number of methoxy groups -OCH3 is 3. The molecule has 1 unspecified atom stereocenters. The van der Waals surface area contributed by atoms with Crippen LogP contribution in [0.1, 0.15) is 28.5 Å². The highest BCUT2D eigenvalue weighted by Gasteiger charge is 2.21. The number of carbonyl (C=O) groups is 1. The number of ether oxygens (including phenoxy) is 4. The Bertz CT molecular complexity index is 1170. The maximum atomic E-state index is 13.3. The van der Waals surface area contributed by atoms with E-state index in [0.717, 1.165) is 39.5 Å². The van der Waals surface area contributed by atoms with Gasteiger partial charge in [-0.2, -0.15) is 0 Å². The normalized spacial score (nSPS) is 14.5. The third-order valence-corrected chi connectivity index (χ3v) is 6.57. The Balaban J connectivity index is 1.58. The molecule has 0 radical (unpaired) electrons. The zero-order valence-electron chi connectivity index (χ0n) is 19.9. The van der Waals surface area contributed by atoms with E-state index in [1.54, 1.807) is 44.8 Å². The fraction of sp³-hybridized carbons (Fsp3) is 0.296. The number of amides is 1. The van der Waals surface area contributed by atoms with Gasteiger partial charge in [0.25, 0.3) is 0 Å². The molecule has 2 aromatic carbocycles. The molecule has 34 heavy (non-hydrogen) atoms. The molecule has 3 aromatic rings. The molecule has 4 rings (SSSR count). The molecule has 1 aliphatic heterocycles. The van der Waals surface area contributed by atoms with Gasteiger partial charge >= 0.3 is 0 Å². The third-order valence-electron chi connectivity index (χ3n) is 5.71. The highest BCUT2D eigenvalue weighted by molar-refractivity contribution is 7.09. The van der Waals surface area contributed by atoms with Gasteiger partial charge in [-0.3, -0.25) is 4.79 Å². The van der Waals surface area contributed by atoms with Crippen LogP contribution in [0.2, 0.25) is 0 Å². The van der Waals surface area contributed by atoms with Crippen LogP contribution < -0.4 is 18.9 Å². The van der Waals surface area contributed by atoms with Gasteiger partial charge in [0.15, 0.2) is 11.5 Å². The lowest BCUT2D eigenvalue weighted by molar-refractivity contribution is -0.127. The van der Waals surface area contributed by atoms with Crippen molar-refractivity contribution in [2.24, 2.45) is 0 Å². The first-order valence-corrected chi connectivity index (χ1v) is 12.0. The van der Waals surface area contributed by atoms with Crippen LogP contribution in [0.4, 0.5) is 0 Å². The third kappa shape index (κ3) is 5.37. The molecular weight excluding hydrogens is 450 g/mol. The summed E-state index contributed by atoms with van der Waals surface area (Å²) in [4.78, 5) is 16.2. The molecule has 0 saturated carbocycles. The molecule has 1 aromatic heterocycles. The molecule has 7 heteroatoms. The van der Waals surface area contributed by atoms with Gasteiger partial charge in [0.1, 0.15) is 17.6 Å². The number of rotatable bonds is 9. The van der Waals surface area contributed by atoms with E-state index in [4.69, 9.17) is 18.9 Å². The molecule has 1 atom stereocenters. The number of carbonyl (C=O) groups excluding carboxylic acids is 1. The zero-order chi connectivity index (χ0) is 24.1. The van der Waals surface area contributed by atoms with Crippen molar-refractivity contribution >= 4 is 23.3 Å². The summed E-state index contributed by atoms with van der Waals surface area (Å²) in [5.74, 6) is 2.77. The first kappa shape index (κ1) is 23.7. The molecule has 0 N–H and O–H groups in total. The summed E-state index contributed by atoms with van der Waals surface area (Å²) in [5.41, 5.74) is 2.89. The van der Waals surface area contributed by atoms with Crippen LogP contribution in [-0.4, -0.2) is 38.2 Å². The van der Waals surface area contributed by atoms with Crippen LogP contribution in [0.3, 0.4) is 0 Å². The smallest absolute Gasteiger partial charge is 0.247 e. The van der Waals surface area contributed by atoms with Gasteiger partial charge in [-0.25, -0.2) is 0 Å². The van der Waals surface area contributed by atoms with Crippen molar-refractivity contribution in [2.45, 2.75) is 32.5 Å². The number of hydrogen-bond donors (Lipinski definition) is 0. The Morgan fingerprint density at radius 2 is 1.85 bits per heavy atom. The Labute approximate surface area is 204 Å². The molecule has 178 valence electrons. The maximum absolute atomic E-state index is 13.3. The predicted molar refractivity (Wildman–Crippen MR) is 134 cm³/mol. The van der Waals surface area contributed by atoms with E-state index in [0.29, 0.717) is 24.6 Å². The molecule has 0 saturated heterocycles. The van der Waals surface area contributed by atoms with Crippen LogP contribution in [0.15, 0.2) is 53.9 Å². The summed E-state index contributed by atoms with van der Waals surface area (Å²) in [7, 11) is 4.85. The van der Waals surface area contributed by atoms with E-state index in [-0.39, 0.29) is 12.0 Å². The van der Waals surface area contributed by atoms with Gasteiger partial charge < -0.3 is 23.8 Å². The summed E-state index contributed by atoms with van der Waals surface area (Å²) in [6, 6.07) is 13.7. The van der Waals surface area contributed by atoms with Gasteiger partial charge in [0.05, 0.1) is 27.9 Å². The monoisotopic (exact) mass is 479 g/mol. The van der Waals surface area contributed by atoms with E-state index in [9.17, 15) is 4.79 Å². The average molecular weight is 480 g/mol. The number of benzene rings is 2. The topological polar surface area (TPSA) is 57.2 Å². The van der Waals surface area contributed by atoms with E-state index < -0.39 is 0 Å². The largest absolute Gasteiger partial charge is 0.496 e. The Kier molecular flexibility index (Phi) is 7.43. The highest BCUT2D eigenvalue weighted by atomic mass is 32.1. The summed E-state index contributed by atoms with van der Waals surface area (Å²) in [5, 5.41) is 2.01. The second kappa shape index (κ2) is 10.7. The van der Waals surface area contributed by atoms with Crippen molar-refractivity contribution < 1.29 is 23.7 Å². The number of hydrogen-bond acceptors (Lipinski definition) is 6. The minimum atomic E-state index is -0.0972. The highest BCUT2D eigenvalue weighted by Crippen LogP contribution is 2.35. The van der Waals surface area contributed by atoms with Crippen molar-refractivity contribution in [1.29, 1.82) is 0 Å². The molecule has 1 aliphatic rings. The van der Waals surface area contributed by atoms with Crippen LogP contribution in [0, 0.1) is 0 Å². The lowest BCUT2D eigenvalue weighted by atomic mass is 10.1. The van der Waals surface area contributed by atoms with E-state index in [2.05, 4.69) is 0 Å². The second-order valence-corrected chi connectivity index (χ2v) is 9.16. The maximum Gasteiger partial charge on any atom is 0.247 e. The van der Waals surface area contributed by atoms with Crippen molar-refractivity contribution in [1.82, 2.24) is 4.90 Å². The number of thiophene rings is 1. The quantitative estimate of drug-likeness (QED) is 0.388. The number of fused-ring (bicyclic) bond motifs is 1. The van der Waals surface area contributed by atoms with Crippen LogP contribution >= 0.6 is 11.3 Å². The standard InChI is InChI=1S/C27H29NO5S/c1-18-12-21-15-24(31-3)20(14-25(21)33-18)8-10-27(29)28(17-22-6-5-11-34-22)16-19-7-9-23(30-2)26(13-19)32-4/h5-11,13-15,18H,12,16-17H2,1-4H3. The molecule has 0 fully saturated rings. The summed E-state index contributed by atoms with van der Waals surface area (Å²) < 4.78 is 22.2. The number of nitrogens with zero attached hydrogens (tertiary/aromatic N) is 1. The van der Waals surface area contributed by atoms with Crippen molar-refractivity contribution in [3.8, 4) is 23.0 Å². The lowest BCUT2D eigenvalue weighted by Crippen LogP contribution is -2.28. The summed E-state index contributed by atoms with van der Waals surface area (Å²) in [6.45, 7) is 2.99. The molecule has 0 spiro atoms.